The van der Waals surface area contributed by atoms with E-state index in [9.17, 15) is 24.3 Å². The first kappa shape index (κ1) is 29.0. The van der Waals surface area contributed by atoms with Crippen molar-refractivity contribution in [3.8, 4) is 0 Å². The molecule has 0 radical (unpaired) electrons. The van der Waals surface area contributed by atoms with Gasteiger partial charge >= 0.3 is 5.97 Å². The van der Waals surface area contributed by atoms with E-state index in [1.165, 1.54) is 4.90 Å². The molecule has 7 atom stereocenters. The number of aliphatic hydroxyl groups excluding tert-OH is 1. The first-order chi connectivity index (χ1) is 19.5. The van der Waals surface area contributed by atoms with Gasteiger partial charge in [-0.3, -0.25) is 19.2 Å². The molecule has 41 heavy (non-hydrogen) atoms. The Labute approximate surface area is 240 Å². The highest BCUT2D eigenvalue weighted by Gasteiger charge is 2.72. The van der Waals surface area contributed by atoms with E-state index in [2.05, 4.69) is 5.32 Å². The molecule has 2 saturated heterocycles. The van der Waals surface area contributed by atoms with Crippen LogP contribution in [-0.2, 0) is 28.7 Å². The summed E-state index contributed by atoms with van der Waals surface area (Å²) in [5, 5.41) is 13.1. The summed E-state index contributed by atoms with van der Waals surface area (Å²) >= 11 is 0. The van der Waals surface area contributed by atoms with Gasteiger partial charge in [0.15, 0.2) is 0 Å². The Morgan fingerprint density at radius 2 is 1.83 bits per heavy atom. The largest absolute Gasteiger partial charge is 0.463 e. The van der Waals surface area contributed by atoms with Crippen LogP contribution in [0.25, 0.3) is 0 Å². The van der Waals surface area contributed by atoms with Gasteiger partial charge in [-0.25, -0.2) is 0 Å². The van der Waals surface area contributed by atoms with E-state index in [1.54, 1.807) is 30.1 Å². The molecule has 4 heterocycles. The lowest BCUT2D eigenvalue weighted by molar-refractivity contribution is -0.153. The second-order valence-electron chi connectivity index (χ2n) is 12.3. The number of cyclic esters (lactones) is 1. The SMILES string of the molecule is C[C@H](CO)N1C(=O)[C@H]2[C@@H]3C(=O)N[C@@H](c4ccccc4)COC(=O)CC/C=C\[C@@H]3O[C@]23C=CCN(C(C)(C)C)C(=O)[C@H]13. The lowest BCUT2D eigenvalue weighted by Gasteiger charge is -2.41. The number of rotatable bonds is 3. The number of hydrogen-bond acceptors (Lipinski definition) is 7. The van der Waals surface area contributed by atoms with E-state index in [0.29, 0.717) is 13.0 Å². The minimum atomic E-state index is -1.41. The van der Waals surface area contributed by atoms with Crippen molar-refractivity contribution in [2.45, 2.75) is 75.9 Å². The maximum absolute atomic E-state index is 14.3. The third-order valence-electron chi connectivity index (χ3n) is 8.55. The summed E-state index contributed by atoms with van der Waals surface area (Å²) in [6, 6.07) is 6.83. The average molecular weight is 566 g/mol. The number of nitrogens with zero attached hydrogens (tertiary/aromatic N) is 2. The topological polar surface area (TPSA) is 125 Å². The van der Waals surface area contributed by atoms with Crippen LogP contribution < -0.4 is 5.32 Å². The number of carbonyl (C=O) groups excluding carboxylic acids is 4. The third kappa shape index (κ3) is 5.08. The summed E-state index contributed by atoms with van der Waals surface area (Å²) in [5.74, 6) is -3.48. The Bertz CT molecular complexity index is 1260. The molecule has 1 aromatic carbocycles. The molecule has 10 nitrogen and oxygen atoms in total. The van der Waals surface area contributed by atoms with Crippen LogP contribution in [-0.4, -0.2) is 87.7 Å². The number of likely N-dealkylation sites (tertiary alicyclic amines) is 1. The van der Waals surface area contributed by atoms with Crippen molar-refractivity contribution in [2.75, 3.05) is 19.8 Å². The fourth-order valence-electron chi connectivity index (χ4n) is 6.54. The van der Waals surface area contributed by atoms with Crippen molar-refractivity contribution in [3.63, 3.8) is 0 Å². The number of carbonyl (C=O) groups is 4. The number of benzene rings is 1. The number of nitrogens with one attached hydrogen (secondary N) is 1. The monoisotopic (exact) mass is 565 g/mol. The molecule has 0 aliphatic carbocycles. The number of amides is 3. The molecule has 4 aliphatic heterocycles. The molecule has 10 heteroatoms. The van der Waals surface area contributed by atoms with Crippen LogP contribution in [0.15, 0.2) is 54.6 Å². The predicted octanol–water partition coefficient (Wildman–Crippen LogP) is 1.90. The van der Waals surface area contributed by atoms with E-state index < -0.39 is 59.0 Å². The van der Waals surface area contributed by atoms with Gasteiger partial charge in [0.2, 0.25) is 17.7 Å². The van der Waals surface area contributed by atoms with Gasteiger partial charge in [0, 0.05) is 18.5 Å². The van der Waals surface area contributed by atoms with Crippen LogP contribution in [0.1, 0.15) is 52.1 Å². The molecular formula is C31H39N3O7. The van der Waals surface area contributed by atoms with Gasteiger partial charge in [-0.1, -0.05) is 54.6 Å². The normalized spacial score (nSPS) is 33.9. The maximum atomic E-state index is 14.3. The summed E-state index contributed by atoms with van der Waals surface area (Å²) in [4.78, 5) is 58.2. The fourth-order valence-corrected chi connectivity index (χ4v) is 6.54. The van der Waals surface area contributed by atoms with E-state index in [1.807, 2.05) is 57.2 Å². The second-order valence-corrected chi connectivity index (χ2v) is 12.3. The van der Waals surface area contributed by atoms with Gasteiger partial charge in [0.25, 0.3) is 0 Å². The molecule has 2 N–H and O–H groups in total. The number of fused-ring (bicyclic) bond motifs is 2. The van der Waals surface area contributed by atoms with Crippen molar-refractivity contribution in [1.82, 2.24) is 15.1 Å². The molecular weight excluding hydrogens is 526 g/mol. The van der Waals surface area contributed by atoms with Crippen molar-refractivity contribution in [2.24, 2.45) is 11.8 Å². The number of ether oxygens (including phenoxy) is 2. The zero-order valence-corrected chi connectivity index (χ0v) is 24.0. The van der Waals surface area contributed by atoms with Gasteiger partial charge in [-0.15, -0.1) is 0 Å². The standard InChI is InChI=1S/C31H39N3O7/c1-19(17-35)34-26-29(39)33(30(2,3)4)16-10-15-31(26)25(28(34)38)24-22(41-31)13-8-9-14-23(36)40-18-21(32-27(24)37)20-11-6-5-7-12-20/h5-8,10-13,15,19,21-22,24-26,35H,9,14,16-18H2,1-4H3,(H,32,37)/b13-8-/t19-,21-,22+,24-,25-,26+,31-/m1/s1. The third-order valence-corrected chi connectivity index (χ3v) is 8.55. The van der Waals surface area contributed by atoms with Crippen LogP contribution in [0.2, 0.25) is 0 Å². The highest BCUT2D eigenvalue weighted by molar-refractivity contribution is 6.00. The molecule has 1 spiro atoms. The van der Waals surface area contributed by atoms with E-state index >= 15 is 0 Å². The van der Waals surface area contributed by atoms with Gasteiger partial charge in [0.05, 0.1) is 36.6 Å². The number of allylic oxidation sites excluding steroid dienone is 1. The Balaban J connectivity index is 1.61. The summed E-state index contributed by atoms with van der Waals surface area (Å²) in [7, 11) is 0. The first-order valence-electron chi connectivity index (χ1n) is 14.3. The molecule has 3 amide bonds. The van der Waals surface area contributed by atoms with E-state index in [-0.39, 0.29) is 31.5 Å². The second kappa shape index (κ2) is 11.1. The molecule has 1 aromatic rings. The quantitative estimate of drug-likeness (QED) is 0.424. The van der Waals surface area contributed by atoms with Crippen LogP contribution >= 0.6 is 0 Å². The number of aliphatic hydroxyl groups is 1. The summed E-state index contributed by atoms with van der Waals surface area (Å²) in [6.07, 6.45) is 6.81. The summed E-state index contributed by atoms with van der Waals surface area (Å²) in [6.45, 7) is 7.38. The zero-order valence-electron chi connectivity index (χ0n) is 24.0. The highest BCUT2D eigenvalue weighted by Crippen LogP contribution is 2.53. The Kier molecular flexibility index (Phi) is 7.82. The molecule has 0 unspecified atom stereocenters. The smallest absolute Gasteiger partial charge is 0.306 e. The van der Waals surface area contributed by atoms with Crippen molar-refractivity contribution < 1.29 is 33.8 Å². The predicted molar refractivity (Wildman–Crippen MR) is 149 cm³/mol. The molecule has 2 fully saturated rings. The number of esters is 1. The molecule has 0 aromatic heterocycles. The van der Waals surface area contributed by atoms with Crippen LogP contribution in [0, 0.1) is 11.8 Å². The Morgan fingerprint density at radius 3 is 2.51 bits per heavy atom. The zero-order chi connectivity index (χ0) is 29.5. The lowest BCUT2D eigenvalue weighted by Crippen LogP contribution is -2.60. The van der Waals surface area contributed by atoms with Crippen LogP contribution in [0.4, 0.5) is 0 Å². The van der Waals surface area contributed by atoms with E-state index in [0.717, 1.165) is 5.56 Å². The minimum Gasteiger partial charge on any atom is -0.463 e. The highest BCUT2D eigenvalue weighted by atomic mass is 16.5. The fraction of sp³-hybridized carbons (Fsp3) is 0.548. The van der Waals surface area contributed by atoms with E-state index in [4.69, 9.17) is 9.47 Å². The maximum Gasteiger partial charge on any atom is 0.306 e. The van der Waals surface area contributed by atoms with Crippen LogP contribution in [0.3, 0.4) is 0 Å². The molecule has 0 saturated carbocycles. The summed E-state index contributed by atoms with van der Waals surface area (Å²) < 4.78 is 12.2. The molecule has 0 bridgehead atoms. The Hall–Kier alpha value is -3.50. The van der Waals surface area contributed by atoms with Crippen molar-refractivity contribution >= 4 is 23.7 Å². The van der Waals surface area contributed by atoms with Crippen LogP contribution in [0.5, 0.6) is 0 Å². The van der Waals surface area contributed by atoms with Crippen molar-refractivity contribution in [3.05, 3.63) is 60.2 Å². The molecule has 220 valence electrons. The molecule has 5 rings (SSSR count). The first-order valence-corrected chi connectivity index (χ1v) is 14.3. The van der Waals surface area contributed by atoms with Gasteiger partial charge in [0.1, 0.15) is 18.2 Å². The Morgan fingerprint density at radius 1 is 1.10 bits per heavy atom. The van der Waals surface area contributed by atoms with Crippen molar-refractivity contribution in [1.29, 1.82) is 0 Å². The van der Waals surface area contributed by atoms with Gasteiger partial charge in [-0.05, 0) is 39.7 Å². The molecule has 4 aliphatic rings. The summed E-state index contributed by atoms with van der Waals surface area (Å²) in [5.41, 5.74) is -1.20. The lowest BCUT2D eigenvalue weighted by atomic mass is 9.77. The van der Waals surface area contributed by atoms with Gasteiger partial charge in [-0.2, -0.15) is 0 Å². The minimum absolute atomic E-state index is 0.0600. The number of hydrogen-bond donors (Lipinski definition) is 2. The average Bonchev–Trinajstić information content (AvgIpc) is 3.32. The van der Waals surface area contributed by atoms with Gasteiger partial charge < -0.3 is 29.7 Å².